The van der Waals surface area contributed by atoms with Crippen LogP contribution in [0.5, 0.6) is 0 Å². The minimum absolute atomic E-state index is 0.0989. The first-order valence-corrected chi connectivity index (χ1v) is 8.99. The molecule has 0 bridgehead atoms. The zero-order chi connectivity index (χ0) is 16.7. The molecule has 5 heteroatoms. The maximum Gasteiger partial charge on any atom is 0.305 e. The molecule has 23 heavy (non-hydrogen) atoms. The average molecular weight is 331 g/mol. The number of carbonyl (C=O) groups excluding carboxylic acids is 1. The molecule has 0 aliphatic rings. The van der Waals surface area contributed by atoms with Gasteiger partial charge in [-0.05, 0) is 34.8 Å². The first-order chi connectivity index (χ1) is 11.1. The van der Waals surface area contributed by atoms with E-state index in [1.807, 2.05) is 48.7 Å². The Bertz CT molecular complexity index is 682. The minimum atomic E-state index is -0.924. The molecule has 0 aromatic heterocycles. The molecule has 0 heterocycles. The van der Waals surface area contributed by atoms with Crippen LogP contribution in [0.3, 0.4) is 0 Å². The molecule has 0 aliphatic carbocycles. The van der Waals surface area contributed by atoms with Crippen LogP contribution in [0.4, 0.5) is 0 Å². The van der Waals surface area contributed by atoms with Crippen molar-refractivity contribution in [2.75, 3.05) is 12.0 Å². The van der Waals surface area contributed by atoms with Gasteiger partial charge in [0.1, 0.15) is 0 Å². The first-order valence-electron chi connectivity index (χ1n) is 7.59. The van der Waals surface area contributed by atoms with Crippen molar-refractivity contribution in [2.24, 2.45) is 0 Å². The van der Waals surface area contributed by atoms with Gasteiger partial charge in [0.2, 0.25) is 5.91 Å². The van der Waals surface area contributed by atoms with Gasteiger partial charge >= 0.3 is 5.97 Å². The van der Waals surface area contributed by atoms with E-state index >= 15 is 0 Å². The van der Waals surface area contributed by atoms with Crippen LogP contribution in [0.25, 0.3) is 10.8 Å². The number of hydrogen-bond acceptors (Lipinski definition) is 3. The summed E-state index contributed by atoms with van der Waals surface area (Å²) in [5.41, 5.74) is 0.851. The number of amides is 1. The second-order valence-electron chi connectivity index (χ2n) is 5.38. The Kier molecular flexibility index (Phi) is 6.47. The van der Waals surface area contributed by atoms with Crippen molar-refractivity contribution in [1.82, 2.24) is 5.32 Å². The highest BCUT2D eigenvalue weighted by Gasteiger charge is 2.19. The quantitative estimate of drug-likeness (QED) is 0.725. The van der Waals surface area contributed by atoms with E-state index in [-0.39, 0.29) is 12.3 Å². The fourth-order valence-corrected chi connectivity index (χ4v) is 3.04. The van der Waals surface area contributed by atoms with E-state index in [4.69, 9.17) is 0 Å². The molecule has 2 aromatic rings. The molecule has 1 atom stereocenters. The third-order valence-corrected chi connectivity index (χ3v) is 4.36. The average Bonchev–Trinajstić information content (AvgIpc) is 2.53. The number of hydrogen-bond donors (Lipinski definition) is 2. The van der Waals surface area contributed by atoms with Crippen LogP contribution in [-0.4, -0.2) is 29.0 Å². The number of thioether (sulfide) groups is 1. The molecule has 1 amide bonds. The van der Waals surface area contributed by atoms with E-state index in [9.17, 15) is 14.7 Å². The summed E-state index contributed by atoms with van der Waals surface area (Å²) >= 11 is 1.70. The highest BCUT2D eigenvalue weighted by Crippen LogP contribution is 2.26. The van der Waals surface area contributed by atoms with Crippen molar-refractivity contribution in [3.63, 3.8) is 0 Å². The van der Waals surface area contributed by atoms with E-state index in [1.54, 1.807) is 11.8 Å². The number of aliphatic carboxylic acids is 1. The number of nitrogens with one attached hydrogen (secondary N) is 1. The zero-order valence-corrected chi connectivity index (χ0v) is 13.9. The summed E-state index contributed by atoms with van der Waals surface area (Å²) in [6.07, 6.45) is 3.09. The topological polar surface area (TPSA) is 66.4 Å². The molecule has 122 valence electrons. The molecule has 2 N–H and O–H groups in total. The molecule has 4 nitrogen and oxygen atoms in total. The van der Waals surface area contributed by atoms with Crippen LogP contribution in [0, 0.1) is 0 Å². The summed E-state index contributed by atoms with van der Waals surface area (Å²) in [6.45, 7) is 0. The normalized spacial score (nSPS) is 12.0. The highest BCUT2D eigenvalue weighted by molar-refractivity contribution is 7.98. The SMILES string of the molecule is CSCCCC(=O)N[C@H](CC(=O)O)c1cccc2ccccc12. The molecular weight excluding hydrogens is 310 g/mol. The second-order valence-corrected chi connectivity index (χ2v) is 6.37. The monoisotopic (exact) mass is 331 g/mol. The van der Waals surface area contributed by atoms with Gasteiger partial charge in [-0.15, -0.1) is 0 Å². The Hall–Kier alpha value is -2.01. The Balaban J connectivity index is 2.23. The Morgan fingerprint density at radius 1 is 1.17 bits per heavy atom. The summed E-state index contributed by atoms with van der Waals surface area (Å²) in [6, 6.07) is 13.1. The third-order valence-electron chi connectivity index (χ3n) is 3.67. The van der Waals surface area contributed by atoms with Crippen LogP contribution in [-0.2, 0) is 9.59 Å². The third kappa shape index (κ3) is 4.99. The lowest BCUT2D eigenvalue weighted by molar-refractivity contribution is -0.137. The molecule has 0 saturated heterocycles. The molecule has 2 rings (SSSR count). The van der Waals surface area contributed by atoms with Crippen molar-refractivity contribution >= 4 is 34.4 Å². The Morgan fingerprint density at radius 2 is 1.91 bits per heavy atom. The summed E-state index contributed by atoms with van der Waals surface area (Å²) in [5.74, 6) is -0.101. The van der Waals surface area contributed by atoms with Gasteiger partial charge in [-0.25, -0.2) is 0 Å². The van der Waals surface area contributed by atoms with Gasteiger partial charge in [0.05, 0.1) is 12.5 Å². The zero-order valence-electron chi connectivity index (χ0n) is 13.1. The number of benzene rings is 2. The lowest BCUT2D eigenvalue weighted by Crippen LogP contribution is -2.30. The van der Waals surface area contributed by atoms with Gasteiger partial charge in [0, 0.05) is 6.42 Å². The van der Waals surface area contributed by atoms with Crippen LogP contribution in [0.1, 0.15) is 30.9 Å². The molecule has 0 unspecified atom stereocenters. The summed E-state index contributed by atoms with van der Waals surface area (Å²) < 4.78 is 0. The molecule has 2 aromatic carbocycles. The number of fused-ring (bicyclic) bond motifs is 1. The van der Waals surface area contributed by atoms with Gasteiger partial charge in [0.25, 0.3) is 0 Å². The number of rotatable bonds is 8. The van der Waals surface area contributed by atoms with Gasteiger partial charge in [-0.3, -0.25) is 9.59 Å². The molecule has 0 saturated carbocycles. The van der Waals surface area contributed by atoms with Crippen molar-refractivity contribution in [2.45, 2.75) is 25.3 Å². The van der Waals surface area contributed by atoms with Gasteiger partial charge < -0.3 is 10.4 Å². The Labute approximate surface area is 140 Å². The second kappa shape index (κ2) is 8.58. The van der Waals surface area contributed by atoms with E-state index in [0.29, 0.717) is 6.42 Å². The van der Waals surface area contributed by atoms with Crippen LogP contribution >= 0.6 is 11.8 Å². The molecule has 0 fully saturated rings. The van der Waals surface area contributed by atoms with Crippen LogP contribution in [0.2, 0.25) is 0 Å². The van der Waals surface area contributed by atoms with Gasteiger partial charge in [0.15, 0.2) is 0 Å². The fraction of sp³-hybridized carbons (Fsp3) is 0.333. The maximum atomic E-state index is 12.1. The fourth-order valence-electron chi connectivity index (χ4n) is 2.61. The summed E-state index contributed by atoms with van der Waals surface area (Å²) in [4.78, 5) is 23.3. The molecule has 0 aliphatic heterocycles. The lowest BCUT2D eigenvalue weighted by atomic mass is 9.96. The van der Waals surface area contributed by atoms with Crippen molar-refractivity contribution in [1.29, 1.82) is 0 Å². The van der Waals surface area contributed by atoms with Crippen LogP contribution < -0.4 is 5.32 Å². The summed E-state index contributed by atoms with van der Waals surface area (Å²) in [5, 5.41) is 14.1. The predicted molar refractivity (Wildman–Crippen MR) is 94.7 cm³/mol. The molecule has 0 radical (unpaired) electrons. The standard InChI is InChI=1S/C18H21NO3S/c1-23-11-5-10-17(20)19-16(12-18(21)22)15-9-4-7-13-6-2-3-8-14(13)15/h2-4,6-9,16H,5,10-12H2,1H3,(H,19,20)(H,21,22)/t16-/m1/s1. The number of carboxylic acids is 1. The maximum absolute atomic E-state index is 12.1. The van der Waals surface area contributed by atoms with Crippen molar-refractivity contribution < 1.29 is 14.7 Å². The smallest absolute Gasteiger partial charge is 0.305 e. The van der Waals surface area contributed by atoms with E-state index < -0.39 is 12.0 Å². The predicted octanol–water partition coefficient (Wildman–Crippen LogP) is 3.62. The highest BCUT2D eigenvalue weighted by atomic mass is 32.2. The number of carbonyl (C=O) groups is 2. The van der Waals surface area contributed by atoms with Gasteiger partial charge in [-0.1, -0.05) is 42.5 Å². The van der Waals surface area contributed by atoms with E-state index in [2.05, 4.69) is 5.32 Å². The minimum Gasteiger partial charge on any atom is -0.481 e. The Morgan fingerprint density at radius 3 is 2.65 bits per heavy atom. The lowest BCUT2D eigenvalue weighted by Gasteiger charge is -2.19. The van der Waals surface area contributed by atoms with Crippen molar-refractivity contribution in [3.05, 3.63) is 48.0 Å². The van der Waals surface area contributed by atoms with E-state index in [0.717, 1.165) is 28.5 Å². The largest absolute Gasteiger partial charge is 0.481 e. The van der Waals surface area contributed by atoms with E-state index in [1.165, 1.54) is 0 Å². The molecule has 0 spiro atoms. The van der Waals surface area contributed by atoms with Crippen molar-refractivity contribution in [3.8, 4) is 0 Å². The molecular formula is C18H21NO3S. The summed E-state index contributed by atoms with van der Waals surface area (Å²) in [7, 11) is 0. The number of carboxylic acid groups (broad SMARTS) is 1. The van der Waals surface area contributed by atoms with Gasteiger partial charge in [-0.2, -0.15) is 11.8 Å². The first kappa shape index (κ1) is 17.3. The van der Waals surface area contributed by atoms with Crippen LogP contribution in [0.15, 0.2) is 42.5 Å².